The van der Waals surface area contributed by atoms with Crippen LogP contribution in [-0.4, -0.2) is 5.71 Å². The Morgan fingerprint density at radius 1 is 0.875 bits per heavy atom. The van der Waals surface area contributed by atoms with Gasteiger partial charge in [0.1, 0.15) is 0 Å². The minimum absolute atomic E-state index is 0.161. The Balaban J connectivity index is 0.000000920. The molecule has 48 heavy (non-hydrogen) atoms. The van der Waals surface area contributed by atoms with Crippen molar-refractivity contribution >= 4 is 11.3 Å². The number of benzene rings is 3. The summed E-state index contributed by atoms with van der Waals surface area (Å²) >= 11 is 0. The van der Waals surface area contributed by atoms with Gasteiger partial charge in [-0.2, -0.15) is 0 Å². The predicted molar refractivity (Wildman–Crippen MR) is 216 cm³/mol. The highest BCUT2D eigenvalue weighted by molar-refractivity contribution is 5.87. The van der Waals surface area contributed by atoms with Gasteiger partial charge >= 0.3 is 0 Å². The van der Waals surface area contributed by atoms with Crippen LogP contribution in [-0.2, 0) is 0 Å². The van der Waals surface area contributed by atoms with Gasteiger partial charge in [0.25, 0.3) is 0 Å². The van der Waals surface area contributed by atoms with Crippen LogP contribution in [0.3, 0.4) is 0 Å². The van der Waals surface area contributed by atoms with Crippen LogP contribution in [0.15, 0.2) is 115 Å². The van der Waals surface area contributed by atoms with E-state index in [0.29, 0.717) is 17.8 Å². The topological polar surface area (TPSA) is 23.9 Å². The van der Waals surface area contributed by atoms with Crippen LogP contribution in [0.1, 0.15) is 117 Å². The lowest BCUT2D eigenvalue weighted by atomic mass is 9.48. The number of terminal acetylenes is 2. The number of allylic oxidation sites excluding steroid dienone is 5. The Hall–Kier alpha value is -4.33. The number of rotatable bonds is 9. The molecule has 0 radical (unpaired) electrons. The summed E-state index contributed by atoms with van der Waals surface area (Å²) in [4.78, 5) is 0. The third kappa shape index (κ3) is 11.4. The molecule has 3 aromatic rings. The van der Waals surface area contributed by atoms with E-state index >= 15 is 0 Å². The molecular formula is C47H63N. The van der Waals surface area contributed by atoms with E-state index in [2.05, 4.69) is 152 Å². The fourth-order valence-electron chi connectivity index (χ4n) is 6.51. The molecular weight excluding hydrogens is 579 g/mol. The highest BCUT2D eigenvalue weighted by atomic mass is 14.6. The number of hydrogen-bond acceptors (Lipinski definition) is 1. The summed E-state index contributed by atoms with van der Waals surface area (Å²) in [6, 6.07) is 29.3. The van der Waals surface area contributed by atoms with Crippen molar-refractivity contribution in [2.45, 2.75) is 94.9 Å². The predicted octanol–water partition coefficient (Wildman–Crippen LogP) is 13.4. The molecule has 1 nitrogen and oxygen atoms in total. The largest absolute Gasteiger partial charge is 0.309 e. The fourth-order valence-corrected chi connectivity index (χ4v) is 6.51. The summed E-state index contributed by atoms with van der Waals surface area (Å²) < 4.78 is 0. The van der Waals surface area contributed by atoms with Gasteiger partial charge in [0, 0.05) is 23.1 Å². The molecule has 0 aliphatic heterocycles. The fraction of sp³-hybridized carbons (Fsp3) is 0.383. The maximum Gasteiger partial charge on any atom is 0.0248 e. The second kappa shape index (κ2) is 23.1. The molecule has 0 heterocycles. The van der Waals surface area contributed by atoms with Gasteiger partial charge in [-0.25, -0.2) is 0 Å². The molecule has 0 spiro atoms. The van der Waals surface area contributed by atoms with Crippen molar-refractivity contribution in [3.05, 3.63) is 137 Å². The van der Waals surface area contributed by atoms with E-state index in [0.717, 1.165) is 29.7 Å². The molecule has 0 aromatic heterocycles. The summed E-state index contributed by atoms with van der Waals surface area (Å²) in [6.45, 7) is 27.8. The normalized spacial score (nSPS) is 16.9. The van der Waals surface area contributed by atoms with E-state index < -0.39 is 0 Å². The van der Waals surface area contributed by atoms with Crippen molar-refractivity contribution in [2.75, 3.05) is 0 Å². The van der Waals surface area contributed by atoms with Gasteiger partial charge in [-0.05, 0) is 72.4 Å². The molecule has 3 atom stereocenters. The van der Waals surface area contributed by atoms with Crippen LogP contribution < -0.4 is 0 Å². The standard InChI is InChI=1S/C27H35N.C14H14.2C2H6.C2H2/c1-9-21-14-13-15-23(17-21)22(10-2)16-18(5)24-25(20(7)28)19(6)26(24)27(8,11-3)12-4;1-12(13-8-4-2-5-9-13)14-10-6-3-7-11-14;3*1-2/h1,10,13-17,24-26,28H,6,11-12H2,2-5,7-8H3;2-12H,1H3;2*1-2H3;1-2H/b18-16+,22-10+,28-20?;;;;. The summed E-state index contributed by atoms with van der Waals surface area (Å²) in [6.07, 6.45) is 20.3. The van der Waals surface area contributed by atoms with E-state index in [4.69, 9.17) is 11.8 Å². The van der Waals surface area contributed by atoms with Gasteiger partial charge in [-0.1, -0.05) is 177 Å². The van der Waals surface area contributed by atoms with Crippen LogP contribution in [0, 0.1) is 53.8 Å². The zero-order valence-corrected chi connectivity index (χ0v) is 31.9. The summed E-state index contributed by atoms with van der Waals surface area (Å²) in [7, 11) is 0. The second-order valence-electron chi connectivity index (χ2n) is 12.0. The lowest BCUT2D eigenvalue weighted by Crippen LogP contribution is -2.50. The van der Waals surface area contributed by atoms with Crippen LogP contribution in [0.5, 0.6) is 0 Å². The van der Waals surface area contributed by atoms with Gasteiger partial charge in [0.2, 0.25) is 0 Å². The average molecular weight is 642 g/mol. The maximum absolute atomic E-state index is 8.33. The minimum Gasteiger partial charge on any atom is -0.309 e. The average Bonchev–Trinajstić information content (AvgIpc) is 3.15. The molecule has 0 bridgehead atoms. The molecule has 3 aromatic carbocycles. The van der Waals surface area contributed by atoms with Gasteiger partial charge in [-0.15, -0.1) is 19.3 Å². The first-order chi connectivity index (χ1) is 23.1. The first kappa shape index (κ1) is 43.7. The summed E-state index contributed by atoms with van der Waals surface area (Å²) in [5, 5.41) is 8.33. The van der Waals surface area contributed by atoms with E-state index in [1.54, 1.807) is 0 Å². The summed E-state index contributed by atoms with van der Waals surface area (Å²) in [5.41, 5.74) is 9.50. The van der Waals surface area contributed by atoms with E-state index in [1.165, 1.54) is 27.8 Å². The van der Waals surface area contributed by atoms with Crippen LogP contribution in [0.2, 0.25) is 0 Å². The Bertz CT molecular complexity index is 1450. The van der Waals surface area contributed by atoms with Gasteiger partial charge < -0.3 is 5.41 Å². The summed E-state index contributed by atoms with van der Waals surface area (Å²) in [5.74, 6) is 4.15. The Morgan fingerprint density at radius 3 is 1.75 bits per heavy atom. The van der Waals surface area contributed by atoms with Gasteiger partial charge in [-0.3, -0.25) is 0 Å². The van der Waals surface area contributed by atoms with Crippen molar-refractivity contribution in [1.29, 1.82) is 5.41 Å². The molecule has 4 rings (SSSR count). The molecule has 0 amide bonds. The molecule has 1 aliphatic rings. The van der Waals surface area contributed by atoms with E-state index in [1.807, 2.05) is 46.8 Å². The van der Waals surface area contributed by atoms with Crippen molar-refractivity contribution < 1.29 is 0 Å². The lowest BCUT2D eigenvalue weighted by molar-refractivity contribution is 0.0816. The monoisotopic (exact) mass is 641 g/mol. The molecule has 1 heteroatoms. The van der Waals surface area contributed by atoms with E-state index in [9.17, 15) is 0 Å². The zero-order valence-electron chi connectivity index (χ0n) is 31.9. The maximum atomic E-state index is 8.33. The first-order valence-electron chi connectivity index (χ1n) is 17.7. The second-order valence-corrected chi connectivity index (χ2v) is 12.0. The van der Waals surface area contributed by atoms with Crippen LogP contribution >= 0.6 is 0 Å². The molecule has 256 valence electrons. The van der Waals surface area contributed by atoms with Crippen LogP contribution in [0.25, 0.3) is 5.57 Å². The number of hydrogen-bond donors (Lipinski definition) is 1. The Morgan fingerprint density at radius 2 is 1.35 bits per heavy atom. The highest BCUT2D eigenvalue weighted by Crippen LogP contribution is 2.59. The van der Waals surface area contributed by atoms with Gasteiger partial charge in [0.05, 0.1) is 0 Å². The molecule has 1 fully saturated rings. The third-order valence-corrected chi connectivity index (χ3v) is 9.53. The Labute approximate surface area is 296 Å². The Kier molecular flexibility index (Phi) is 21.0. The smallest absolute Gasteiger partial charge is 0.0248 e. The van der Waals surface area contributed by atoms with Gasteiger partial charge in [0.15, 0.2) is 0 Å². The molecule has 1 saturated carbocycles. The lowest BCUT2D eigenvalue weighted by Gasteiger charge is -2.56. The highest BCUT2D eigenvalue weighted by Gasteiger charge is 2.53. The zero-order chi connectivity index (χ0) is 36.9. The molecule has 1 aliphatic carbocycles. The quantitative estimate of drug-likeness (QED) is 0.104. The van der Waals surface area contributed by atoms with Crippen molar-refractivity contribution in [3.63, 3.8) is 0 Å². The van der Waals surface area contributed by atoms with Crippen molar-refractivity contribution in [2.24, 2.45) is 23.2 Å². The molecule has 3 unspecified atom stereocenters. The van der Waals surface area contributed by atoms with E-state index in [-0.39, 0.29) is 11.3 Å². The molecule has 0 saturated heterocycles. The van der Waals surface area contributed by atoms with Crippen molar-refractivity contribution in [3.8, 4) is 25.2 Å². The SMILES string of the molecule is C#C.C#Cc1cccc(C(=C/C)/C=C(\C)C2C(C(C)=N)C(=C)C2C(C)(CC)CC)c1.CC.CC.CC(c1ccccc1)c1ccccc1. The number of nitrogens with one attached hydrogen (secondary N) is 1. The van der Waals surface area contributed by atoms with Crippen LogP contribution in [0.4, 0.5) is 0 Å². The minimum atomic E-state index is 0.161. The van der Waals surface area contributed by atoms with Crippen molar-refractivity contribution in [1.82, 2.24) is 0 Å². The third-order valence-electron chi connectivity index (χ3n) is 9.53. The first-order valence-corrected chi connectivity index (χ1v) is 17.7. The molecule has 1 N–H and O–H groups in total.